The Morgan fingerprint density at radius 3 is 2.29 bits per heavy atom. The summed E-state index contributed by atoms with van der Waals surface area (Å²) in [4.78, 5) is 0. The first-order valence-electron chi connectivity index (χ1n) is 7.21. The molecule has 2 rings (SSSR count). The Kier molecular flexibility index (Phi) is 7.88. The lowest BCUT2D eigenvalue weighted by Crippen LogP contribution is -2.14. The molecule has 0 bridgehead atoms. The molecule has 0 aliphatic rings. The summed E-state index contributed by atoms with van der Waals surface area (Å²) < 4.78 is 5.86. The monoisotopic (exact) mass is 305 g/mol. The van der Waals surface area contributed by atoms with Crippen LogP contribution < -0.4 is 10.1 Å². The lowest BCUT2D eigenvalue weighted by molar-refractivity contribution is 0.268. The number of hydrogen-bond acceptors (Lipinski definition) is 2. The van der Waals surface area contributed by atoms with Crippen LogP contribution >= 0.6 is 12.4 Å². The van der Waals surface area contributed by atoms with Crippen LogP contribution in [0.15, 0.2) is 54.6 Å². The van der Waals surface area contributed by atoms with E-state index in [4.69, 9.17) is 4.74 Å². The Morgan fingerprint density at radius 2 is 1.57 bits per heavy atom. The molecular weight excluding hydrogens is 282 g/mol. The lowest BCUT2D eigenvalue weighted by atomic mass is 10.2. The molecule has 21 heavy (non-hydrogen) atoms. The molecule has 2 aromatic rings. The first-order valence-corrected chi connectivity index (χ1v) is 7.21. The molecule has 0 saturated carbocycles. The molecule has 0 atom stereocenters. The van der Waals surface area contributed by atoms with E-state index in [2.05, 4.69) is 55.6 Å². The molecule has 0 unspecified atom stereocenters. The average Bonchev–Trinajstić information content (AvgIpc) is 2.47. The summed E-state index contributed by atoms with van der Waals surface area (Å²) in [6.45, 7) is 6.78. The molecule has 0 fully saturated rings. The van der Waals surface area contributed by atoms with Crippen molar-refractivity contribution in [3.05, 3.63) is 65.7 Å². The summed E-state index contributed by atoms with van der Waals surface area (Å²) in [5.74, 6) is 1.53. The van der Waals surface area contributed by atoms with E-state index in [0.717, 1.165) is 25.4 Å². The predicted molar refractivity (Wildman–Crippen MR) is 91.0 cm³/mol. The van der Waals surface area contributed by atoms with Crippen molar-refractivity contribution in [3.8, 4) is 5.75 Å². The van der Waals surface area contributed by atoms with Crippen molar-refractivity contribution >= 4 is 12.4 Å². The van der Waals surface area contributed by atoms with E-state index in [1.165, 1.54) is 11.1 Å². The van der Waals surface area contributed by atoms with Crippen LogP contribution in [0, 0.1) is 5.92 Å². The van der Waals surface area contributed by atoms with Crippen LogP contribution in [0.2, 0.25) is 0 Å². The third-order valence-electron chi connectivity index (χ3n) is 3.03. The van der Waals surface area contributed by atoms with E-state index in [0.29, 0.717) is 5.92 Å². The average molecular weight is 306 g/mol. The van der Waals surface area contributed by atoms with Crippen molar-refractivity contribution in [2.75, 3.05) is 6.61 Å². The second-order valence-corrected chi connectivity index (χ2v) is 5.40. The van der Waals surface area contributed by atoms with Gasteiger partial charge in [0.2, 0.25) is 0 Å². The van der Waals surface area contributed by atoms with Crippen LogP contribution in [0.4, 0.5) is 0 Å². The quantitative estimate of drug-likeness (QED) is 0.817. The van der Waals surface area contributed by atoms with Gasteiger partial charge in [0.05, 0.1) is 6.61 Å². The highest BCUT2D eigenvalue weighted by Gasteiger charge is 2.03. The van der Waals surface area contributed by atoms with Gasteiger partial charge < -0.3 is 10.1 Å². The van der Waals surface area contributed by atoms with Gasteiger partial charge in [-0.1, -0.05) is 62.4 Å². The molecule has 0 aliphatic heterocycles. The molecular formula is C18H24ClNO. The molecule has 2 nitrogen and oxygen atoms in total. The maximum absolute atomic E-state index is 5.86. The van der Waals surface area contributed by atoms with Gasteiger partial charge in [-0.2, -0.15) is 0 Å². The van der Waals surface area contributed by atoms with E-state index in [1.807, 2.05) is 18.2 Å². The minimum absolute atomic E-state index is 0. The van der Waals surface area contributed by atoms with Crippen molar-refractivity contribution in [1.82, 2.24) is 5.32 Å². The Balaban J connectivity index is 0.00000220. The van der Waals surface area contributed by atoms with E-state index >= 15 is 0 Å². The molecule has 0 aromatic heterocycles. The first kappa shape index (κ1) is 17.5. The number of halogens is 1. The number of benzene rings is 2. The highest BCUT2D eigenvalue weighted by molar-refractivity contribution is 5.85. The standard InChI is InChI=1S/C18H23NO.ClH/c1-15(2)14-20-18-11-7-6-10-17(18)13-19-12-16-8-4-3-5-9-16;/h3-11,15,19H,12-14H2,1-2H3;1H. The molecule has 0 saturated heterocycles. The maximum Gasteiger partial charge on any atom is 0.123 e. The topological polar surface area (TPSA) is 21.3 Å². The van der Waals surface area contributed by atoms with Gasteiger partial charge in [0.25, 0.3) is 0 Å². The zero-order chi connectivity index (χ0) is 14.2. The second-order valence-electron chi connectivity index (χ2n) is 5.40. The van der Waals surface area contributed by atoms with Gasteiger partial charge in [-0.05, 0) is 17.5 Å². The Bertz CT molecular complexity index is 514. The van der Waals surface area contributed by atoms with Crippen molar-refractivity contribution in [1.29, 1.82) is 0 Å². The molecule has 0 aliphatic carbocycles. The Hall–Kier alpha value is -1.51. The van der Waals surface area contributed by atoms with Gasteiger partial charge >= 0.3 is 0 Å². The number of nitrogens with one attached hydrogen (secondary N) is 1. The van der Waals surface area contributed by atoms with Crippen LogP contribution in [-0.4, -0.2) is 6.61 Å². The molecule has 1 N–H and O–H groups in total. The number of rotatable bonds is 7. The fourth-order valence-corrected chi connectivity index (χ4v) is 1.98. The highest BCUT2D eigenvalue weighted by Crippen LogP contribution is 2.18. The van der Waals surface area contributed by atoms with Crippen LogP contribution in [0.3, 0.4) is 0 Å². The van der Waals surface area contributed by atoms with Crippen molar-refractivity contribution < 1.29 is 4.74 Å². The van der Waals surface area contributed by atoms with Gasteiger partial charge in [0.15, 0.2) is 0 Å². The van der Waals surface area contributed by atoms with Gasteiger partial charge in [-0.3, -0.25) is 0 Å². The molecule has 3 heteroatoms. The number of hydrogen-bond donors (Lipinski definition) is 1. The van der Waals surface area contributed by atoms with E-state index < -0.39 is 0 Å². The Morgan fingerprint density at radius 1 is 0.905 bits per heavy atom. The first-order chi connectivity index (χ1) is 9.75. The predicted octanol–water partition coefficient (Wildman–Crippen LogP) is 4.43. The van der Waals surface area contributed by atoms with E-state index in [-0.39, 0.29) is 12.4 Å². The summed E-state index contributed by atoms with van der Waals surface area (Å²) in [5.41, 5.74) is 2.51. The highest BCUT2D eigenvalue weighted by atomic mass is 35.5. The van der Waals surface area contributed by atoms with Crippen molar-refractivity contribution in [3.63, 3.8) is 0 Å². The zero-order valence-corrected chi connectivity index (χ0v) is 13.5. The van der Waals surface area contributed by atoms with Crippen molar-refractivity contribution in [2.24, 2.45) is 5.92 Å². The smallest absolute Gasteiger partial charge is 0.123 e. The number of para-hydroxylation sites is 1. The van der Waals surface area contributed by atoms with Crippen LogP contribution in [0.5, 0.6) is 5.75 Å². The molecule has 0 heterocycles. The third kappa shape index (κ3) is 6.19. The SMILES string of the molecule is CC(C)COc1ccccc1CNCc1ccccc1.Cl. The summed E-state index contributed by atoms with van der Waals surface area (Å²) in [7, 11) is 0. The summed E-state index contributed by atoms with van der Waals surface area (Å²) in [6.07, 6.45) is 0. The Labute approximate surface area is 133 Å². The summed E-state index contributed by atoms with van der Waals surface area (Å²) >= 11 is 0. The summed E-state index contributed by atoms with van der Waals surface area (Å²) in [6, 6.07) is 18.7. The fraction of sp³-hybridized carbons (Fsp3) is 0.333. The molecule has 0 amide bonds. The second kappa shape index (κ2) is 9.43. The van der Waals surface area contributed by atoms with Crippen LogP contribution in [0.1, 0.15) is 25.0 Å². The normalized spacial score (nSPS) is 10.2. The minimum Gasteiger partial charge on any atom is -0.493 e. The van der Waals surface area contributed by atoms with E-state index in [1.54, 1.807) is 0 Å². The molecule has 114 valence electrons. The zero-order valence-electron chi connectivity index (χ0n) is 12.7. The van der Waals surface area contributed by atoms with Crippen LogP contribution in [-0.2, 0) is 13.1 Å². The third-order valence-corrected chi connectivity index (χ3v) is 3.03. The molecule has 0 radical (unpaired) electrons. The molecule has 2 aromatic carbocycles. The van der Waals surface area contributed by atoms with E-state index in [9.17, 15) is 0 Å². The van der Waals surface area contributed by atoms with Gasteiger partial charge in [0, 0.05) is 18.7 Å². The van der Waals surface area contributed by atoms with Crippen molar-refractivity contribution in [2.45, 2.75) is 26.9 Å². The fourth-order valence-electron chi connectivity index (χ4n) is 1.98. The lowest BCUT2D eigenvalue weighted by Gasteiger charge is -2.13. The van der Waals surface area contributed by atoms with Crippen LogP contribution in [0.25, 0.3) is 0 Å². The van der Waals surface area contributed by atoms with Gasteiger partial charge in [-0.15, -0.1) is 12.4 Å². The minimum atomic E-state index is 0. The van der Waals surface area contributed by atoms with Gasteiger partial charge in [-0.25, -0.2) is 0 Å². The number of ether oxygens (including phenoxy) is 1. The maximum atomic E-state index is 5.86. The molecule has 0 spiro atoms. The van der Waals surface area contributed by atoms with Gasteiger partial charge in [0.1, 0.15) is 5.75 Å². The summed E-state index contributed by atoms with van der Waals surface area (Å²) in [5, 5.41) is 3.47. The largest absolute Gasteiger partial charge is 0.493 e.